The Morgan fingerprint density at radius 3 is 2.97 bits per heavy atom. The second-order valence-electron chi connectivity index (χ2n) is 7.73. The predicted octanol–water partition coefficient (Wildman–Crippen LogP) is 2.03. The molecule has 3 heterocycles. The highest BCUT2D eigenvalue weighted by molar-refractivity contribution is 7.90. The van der Waals surface area contributed by atoms with Gasteiger partial charge in [-0.15, -0.1) is 0 Å². The smallest absolute Gasteiger partial charge is 0.246 e. The van der Waals surface area contributed by atoms with Crippen molar-refractivity contribution < 1.29 is 13.2 Å². The quantitative estimate of drug-likeness (QED) is 0.704. The first kappa shape index (κ1) is 20.3. The number of hydrogen-bond acceptors (Lipinski definition) is 7. The topological polar surface area (TPSA) is 104 Å². The fourth-order valence-electron chi connectivity index (χ4n) is 4.15. The summed E-state index contributed by atoms with van der Waals surface area (Å²) in [5, 5.41) is 6.80. The van der Waals surface area contributed by atoms with E-state index in [4.69, 9.17) is 0 Å². The van der Waals surface area contributed by atoms with Crippen LogP contribution < -0.4 is 10.6 Å². The zero-order valence-corrected chi connectivity index (χ0v) is 17.7. The molecule has 4 rings (SSSR count). The number of nitrogens with one attached hydrogen (secondary N) is 2. The van der Waals surface area contributed by atoms with Crippen molar-refractivity contribution in [1.29, 1.82) is 0 Å². The number of carbonyl (C=O) groups excluding carboxylic acids is 1. The van der Waals surface area contributed by atoms with E-state index < -0.39 is 9.84 Å². The number of anilines is 2. The van der Waals surface area contributed by atoms with Crippen molar-refractivity contribution in [3.63, 3.8) is 0 Å². The van der Waals surface area contributed by atoms with E-state index in [9.17, 15) is 13.2 Å². The lowest BCUT2D eigenvalue weighted by molar-refractivity contribution is -0.127. The van der Waals surface area contributed by atoms with Crippen LogP contribution in [0.1, 0.15) is 29.9 Å². The van der Waals surface area contributed by atoms with Crippen molar-refractivity contribution in [3.8, 4) is 0 Å². The van der Waals surface area contributed by atoms with Gasteiger partial charge in [0.05, 0.1) is 4.90 Å². The standard InChI is InChI=1S/C21H25N5O3S/c1-3-18(27)26-9-5-7-15(12-26)25-21-19-17(11-22-20(19)23-13-24-21)14-6-4-8-16(10-14)30(2,28)29/h3-4,6,8,10,13,15,17H,1,5,7,9,11-12H2,2H3,(H2,22,23,24,25)/t15-,17?/m1/s1. The predicted molar refractivity (Wildman–Crippen MR) is 115 cm³/mol. The molecule has 9 heteroatoms. The lowest BCUT2D eigenvalue weighted by Gasteiger charge is -2.33. The zero-order chi connectivity index (χ0) is 21.3. The first-order valence-electron chi connectivity index (χ1n) is 9.93. The summed E-state index contributed by atoms with van der Waals surface area (Å²) in [7, 11) is -3.29. The summed E-state index contributed by atoms with van der Waals surface area (Å²) in [6, 6.07) is 7.10. The molecule has 2 atom stereocenters. The van der Waals surface area contributed by atoms with Gasteiger partial charge >= 0.3 is 0 Å². The van der Waals surface area contributed by atoms with Crippen molar-refractivity contribution in [1.82, 2.24) is 14.9 Å². The Morgan fingerprint density at radius 1 is 1.37 bits per heavy atom. The molecule has 0 aliphatic carbocycles. The van der Waals surface area contributed by atoms with E-state index in [1.165, 1.54) is 18.7 Å². The van der Waals surface area contributed by atoms with Crippen LogP contribution in [0, 0.1) is 0 Å². The molecule has 2 aliphatic heterocycles. The van der Waals surface area contributed by atoms with E-state index in [1.54, 1.807) is 23.1 Å². The number of amides is 1. The molecule has 1 saturated heterocycles. The van der Waals surface area contributed by atoms with E-state index >= 15 is 0 Å². The van der Waals surface area contributed by atoms with Crippen molar-refractivity contribution in [2.45, 2.75) is 29.7 Å². The third-order valence-corrected chi connectivity index (χ3v) is 6.75. The minimum atomic E-state index is -3.29. The van der Waals surface area contributed by atoms with Crippen molar-refractivity contribution in [3.05, 3.63) is 54.4 Å². The number of likely N-dealkylation sites (tertiary alicyclic amines) is 1. The SMILES string of the molecule is C=CC(=O)N1CCC[C@@H](Nc2ncnc3c2C(c2cccc(S(C)(=O)=O)c2)CN3)C1. The van der Waals surface area contributed by atoms with Gasteiger partial charge in [-0.1, -0.05) is 18.7 Å². The first-order valence-corrected chi connectivity index (χ1v) is 11.8. The van der Waals surface area contributed by atoms with Gasteiger partial charge in [-0.3, -0.25) is 4.79 Å². The molecule has 1 fully saturated rings. The highest BCUT2D eigenvalue weighted by atomic mass is 32.2. The van der Waals surface area contributed by atoms with Gasteiger partial charge < -0.3 is 15.5 Å². The molecule has 1 aromatic heterocycles. The number of hydrogen-bond donors (Lipinski definition) is 2. The largest absolute Gasteiger partial charge is 0.369 e. The van der Waals surface area contributed by atoms with Crippen LogP contribution in [0.4, 0.5) is 11.6 Å². The monoisotopic (exact) mass is 427 g/mol. The molecule has 1 aromatic carbocycles. The number of carbonyl (C=O) groups is 1. The molecule has 0 saturated carbocycles. The van der Waals surface area contributed by atoms with Crippen LogP contribution in [0.25, 0.3) is 0 Å². The van der Waals surface area contributed by atoms with Gasteiger partial charge in [0, 0.05) is 43.4 Å². The number of sulfone groups is 1. The molecule has 0 spiro atoms. The van der Waals surface area contributed by atoms with E-state index in [1.807, 2.05) is 6.07 Å². The Bertz CT molecular complexity index is 1090. The summed E-state index contributed by atoms with van der Waals surface area (Å²) < 4.78 is 24.0. The molecule has 2 N–H and O–H groups in total. The third-order valence-electron chi connectivity index (χ3n) is 5.64. The average Bonchev–Trinajstić information content (AvgIpc) is 3.18. The van der Waals surface area contributed by atoms with Crippen LogP contribution in [0.15, 0.2) is 48.1 Å². The van der Waals surface area contributed by atoms with Crippen LogP contribution in [0.2, 0.25) is 0 Å². The highest BCUT2D eigenvalue weighted by Crippen LogP contribution is 2.39. The highest BCUT2D eigenvalue weighted by Gasteiger charge is 2.31. The molecule has 0 bridgehead atoms. The second-order valence-corrected chi connectivity index (χ2v) is 9.75. The van der Waals surface area contributed by atoms with Crippen LogP contribution in [0.5, 0.6) is 0 Å². The van der Waals surface area contributed by atoms with Crippen LogP contribution in [-0.2, 0) is 14.6 Å². The van der Waals surface area contributed by atoms with E-state index in [2.05, 4.69) is 27.2 Å². The molecule has 30 heavy (non-hydrogen) atoms. The zero-order valence-electron chi connectivity index (χ0n) is 16.8. The molecule has 8 nitrogen and oxygen atoms in total. The summed E-state index contributed by atoms with van der Waals surface area (Å²) >= 11 is 0. The van der Waals surface area contributed by atoms with E-state index in [0.29, 0.717) is 18.0 Å². The minimum absolute atomic E-state index is 0.0634. The molecule has 0 radical (unpaired) electrons. The number of nitrogens with zero attached hydrogens (tertiary/aromatic N) is 3. The van der Waals surface area contributed by atoms with E-state index in [-0.39, 0.29) is 17.9 Å². The maximum atomic E-state index is 12.0. The van der Waals surface area contributed by atoms with Gasteiger partial charge in [0.2, 0.25) is 5.91 Å². The molecule has 158 valence electrons. The van der Waals surface area contributed by atoms with Gasteiger partial charge in [0.1, 0.15) is 18.0 Å². The van der Waals surface area contributed by atoms with Gasteiger partial charge in [-0.2, -0.15) is 0 Å². The summed E-state index contributed by atoms with van der Waals surface area (Å²) in [5.74, 6) is 1.33. The summed E-state index contributed by atoms with van der Waals surface area (Å²) in [4.78, 5) is 22.9. The lowest BCUT2D eigenvalue weighted by Crippen LogP contribution is -2.44. The molecule has 1 amide bonds. The third kappa shape index (κ3) is 4.02. The number of benzene rings is 1. The normalized spacial score (nSPS) is 20.9. The summed E-state index contributed by atoms with van der Waals surface area (Å²) in [6.07, 6.45) is 5.91. The number of fused-ring (bicyclic) bond motifs is 1. The molecular formula is C21H25N5O3S. The van der Waals surface area contributed by atoms with E-state index in [0.717, 1.165) is 42.1 Å². The average molecular weight is 428 g/mol. The maximum absolute atomic E-state index is 12.0. The Morgan fingerprint density at radius 2 is 2.20 bits per heavy atom. The number of piperidine rings is 1. The molecule has 2 aromatic rings. The van der Waals surface area contributed by atoms with Crippen LogP contribution in [-0.4, -0.2) is 61.1 Å². The fourth-order valence-corrected chi connectivity index (χ4v) is 4.82. The maximum Gasteiger partial charge on any atom is 0.246 e. The van der Waals surface area contributed by atoms with Gasteiger partial charge in [0.15, 0.2) is 9.84 Å². The Kier molecular flexibility index (Phi) is 5.46. The van der Waals surface area contributed by atoms with Gasteiger partial charge in [0.25, 0.3) is 0 Å². The fraction of sp³-hybridized carbons (Fsp3) is 0.381. The molecule has 1 unspecified atom stereocenters. The Balaban J connectivity index is 1.62. The molecule has 2 aliphatic rings. The minimum Gasteiger partial charge on any atom is -0.369 e. The van der Waals surface area contributed by atoms with Crippen molar-refractivity contribution in [2.75, 3.05) is 36.5 Å². The first-order chi connectivity index (χ1) is 14.4. The van der Waals surface area contributed by atoms with Crippen LogP contribution in [0.3, 0.4) is 0 Å². The second kappa shape index (κ2) is 8.06. The van der Waals surface area contributed by atoms with Crippen LogP contribution >= 0.6 is 0 Å². The van der Waals surface area contributed by atoms with Gasteiger partial charge in [-0.05, 0) is 36.6 Å². The molecular weight excluding hydrogens is 402 g/mol. The van der Waals surface area contributed by atoms with Crippen molar-refractivity contribution >= 4 is 27.4 Å². The van der Waals surface area contributed by atoms with Crippen molar-refractivity contribution in [2.24, 2.45) is 0 Å². The Labute approximate surface area is 176 Å². The number of rotatable bonds is 5. The lowest BCUT2D eigenvalue weighted by atomic mass is 9.94. The van der Waals surface area contributed by atoms with Gasteiger partial charge in [-0.25, -0.2) is 18.4 Å². The summed E-state index contributed by atoms with van der Waals surface area (Å²) in [6.45, 7) is 5.51. The Hall–Kier alpha value is -2.94. The summed E-state index contributed by atoms with van der Waals surface area (Å²) in [5.41, 5.74) is 1.82. The number of aromatic nitrogens is 2.